The maximum atomic E-state index is 13.8. The fourth-order valence-electron chi connectivity index (χ4n) is 4.33. The lowest BCUT2D eigenvalue weighted by Crippen LogP contribution is -2.21. The van der Waals surface area contributed by atoms with Crippen LogP contribution in [0.15, 0.2) is 65.7 Å². The lowest BCUT2D eigenvalue weighted by atomic mass is 10.0. The Labute approximate surface area is 192 Å². The van der Waals surface area contributed by atoms with Crippen molar-refractivity contribution in [3.05, 3.63) is 71.3 Å². The molecule has 0 unspecified atom stereocenters. The van der Waals surface area contributed by atoms with Gasteiger partial charge < -0.3 is 4.74 Å². The van der Waals surface area contributed by atoms with Crippen molar-refractivity contribution in [1.82, 2.24) is 24.1 Å². The summed E-state index contributed by atoms with van der Waals surface area (Å²) < 4.78 is 34.8. The first kappa shape index (κ1) is 20.6. The predicted molar refractivity (Wildman–Crippen MR) is 124 cm³/mol. The van der Waals surface area contributed by atoms with E-state index in [0.29, 0.717) is 22.8 Å². The first-order valence-corrected chi connectivity index (χ1v) is 11.1. The van der Waals surface area contributed by atoms with Gasteiger partial charge in [-0.1, -0.05) is 6.07 Å². The van der Waals surface area contributed by atoms with Crippen LogP contribution in [0.25, 0.3) is 38.8 Å². The fraction of sp³-hybridized carbons (Fsp3) is 0.240. The number of alkyl halides is 2. The molecule has 0 radical (unpaired) electrons. The number of hydrogen-bond donors (Lipinski definition) is 0. The van der Waals surface area contributed by atoms with Gasteiger partial charge in [0.05, 0.1) is 11.2 Å². The third-order valence-corrected chi connectivity index (χ3v) is 6.11. The molecule has 6 rings (SSSR count). The van der Waals surface area contributed by atoms with Crippen molar-refractivity contribution in [2.45, 2.75) is 26.0 Å². The summed E-state index contributed by atoms with van der Waals surface area (Å²) in [5, 5.41) is 10.9. The van der Waals surface area contributed by atoms with Crippen molar-refractivity contribution < 1.29 is 13.5 Å². The SMILES string of the molecule is Cn1cc2cc(-c3cc4cn(CC5CC5)nc4n(-c4ccc(OC(F)F)cc4)c3=O)ccc2n1. The summed E-state index contributed by atoms with van der Waals surface area (Å²) in [5.74, 6) is 0.646. The molecule has 7 nitrogen and oxygen atoms in total. The smallest absolute Gasteiger partial charge is 0.387 e. The fourth-order valence-corrected chi connectivity index (χ4v) is 4.33. The molecule has 172 valence electrons. The van der Waals surface area contributed by atoms with Crippen molar-refractivity contribution >= 4 is 21.9 Å². The van der Waals surface area contributed by atoms with E-state index in [0.717, 1.165) is 28.4 Å². The van der Waals surface area contributed by atoms with Gasteiger partial charge in [-0.2, -0.15) is 19.0 Å². The summed E-state index contributed by atoms with van der Waals surface area (Å²) >= 11 is 0. The third-order valence-electron chi connectivity index (χ3n) is 6.11. The summed E-state index contributed by atoms with van der Waals surface area (Å²) in [6.07, 6.45) is 6.24. The zero-order valence-electron chi connectivity index (χ0n) is 18.4. The van der Waals surface area contributed by atoms with Gasteiger partial charge in [-0.15, -0.1) is 0 Å². The summed E-state index contributed by atoms with van der Waals surface area (Å²) in [6, 6.07) is 13.6. The average Bonchev–Trinajstić information content (AvgIpc) is 3.39. The molecule has 3 aromatic heterocycles. The minimum atomic E-state index is -2.91. The Hall–Kier alpha value is -4.01. The number of benzene rings is 2. The van der Waals surface area contributed by atoms with E-state index in [1.54, 1.807) is 16.8 Å². The average molecular weight is 461 g/mol. The van der Waals surface area contributed by atoms with Crippen LogP contribution < -0.4 is 10.3 Å². The number of pyridine rings is 1. The van der Waals surface area contributed by atoms with Crippen LogP contribution in [0.5, 0.6) is 5.75 Å². The molecular formula is C25H21F2N5O2. The van der Waals surface area contributed by atoms with Gasteiger partial charge in [-0.05, 0) is 66.8 Å². The highest BCUT2D eigenvalue weighted by Crippen LogP contribution is 2.31. The molecule has 1 aliphatic carbocycles. The molecular weight excluding hydrogens is 440 g/mol. The van der Waals surface area contributed by atoms with Crippen molar-refractivity contribution in [1.29, 1.82) is 0 Å². The zero-order valence-corrected chi connectivity index (χ0v) is 18.4. The van der Waals surface area contributed by atoms with E-state index in [1.165, 1.54) is 29.5 Å². The largest absolute Gasteiger partial charge is 0.435 e. The standard InChI is InChI=1S/C25H21F2N5O2/c1-30-13-17-10-16(4-9-22(17)28-30)21-11-18-14-31(12-15-2-3-15)29-23(18)32(24(21)33)19-5-7-20(8-6-19)34-25(26)27/h4-11,13-15,25H,2-3,12H2,1H3. The van der Waals surface area contributed by atoms with Gasteiger partial charge in [0.15, 0.2) is 5.65 Å². The third kappa shape index (κ3) is 3.72. The summed E-state index contributed by atoms with van der Waals surface area (Å²) in [5.41, 5.74) is 2.96. The Morgan fingerprint density at radius 2 is 1.82 bits per heavy atom. The summed E-state index contributed by atoms with van der Waals surface area (Å²) in [6.45, 7) is -2.11. The van der Waals surface area contributed by atoms with Crippen LogP contribution >= 0.6 is 0 Å². The van der Waals surface area contributed by atoms with Gasteiger partial charge in [0, 0.05) is 42.3 Å². The molecule has 0 aliphatic heterocycles. The molecule has 9 heteroatoms. The quantitative estimate of drug-likeness (QED) is 0.366. The lowest BCUT2D eigenvalue weighted by Gasteiger charge is -2.11. The van der Waals surface area contributed by atoms with E-state index in [2.05, 4.69) is 9.84 Å². The van der Waals surface area contributed by atoms with E-state index in [1.807, 2.05) is 48.4 Å². The van der Waals surface area contributed by atoms with E-state index in [4.69, 9.17) is 5.10 Å². The van der Waals surface area contributed by atoms with Crippen LogP contribution in [0.1, 0.15) is 12.8 Å². The van der Waals surface area contributed by atoms with Crippen LogP contribution in [-0.4, -0.2) is 30.7 Å². The molecule has 3 heterocycles. The Kier molecular flexibility index (Phi) is 4.72. The Morgan fingerprint density at radius 3 is 2.56 bits per heavy atom. The van der Waals surface area contributed by atoms with Gasteiger partial charge in [-0.25, -0.2) is 0 Å². The van der Waals surface area contributed by atoms with Gasteiger partial charge in [0.1, 0.15) is 5.75 Å². The number of hydrogen-bond acceptors (Lipinski definition) is 4. The van der Waals surface area contributed by atoms with Gasteiger partial charge >= 0.3 is 6.61 Å². The van der Waals surface area contributed by atoms with Crippen molar-refractivity contribution in [3.8, 4) is 22.6 Å². The Morgan fingerprint density at radius 1 is 1.03 bits per heavy atom. The van der Waals surface area contributed by atoms with Crippen LogP contribution in [0.3, 0.4) is 0 Å². The molecule has 34 heavy (non-hydrogen) atoms. The monoisotopic (exact) mass is 461 g/mol. The summed E-state index contributed by atoms with van der Waals surface area (Å²) in [4.78, 5) is 13.8. The van der Waals surface area contributed by atoms with Crippen molar-refractivity contribution in [3.63, 3.8) is 0 Å². The van der Waals surface area contributed by atoms with E-state index in [9.17, 15) is 13.6 Å². The molecule has 2 aromatic carbocycles. The second-order valence-corrected chi connectivity index (χ2v) is 8.72. The van der Waals surface area contributed by atoms with E-state index >= 15 is 0 Å². The topological polar surface area (TPSA) is 66.9 Å². The second-order valence-electron chi connectivity index (χ2n) is 8.72. The van der Waals surface area contributed by atoms with Crippen LogP contribution in [0, 0.1) is 5.92 Å². The number of rotatable bonds is 6. The van der Waals surface area contributed by atoms with Crippen LogP contribution in [0.4, 0.5) is 8.78 Å². The molecule has 1 aliphatic rings. The van der Waals surface area contributed by atoms with Gasteiger partial charge in [-0.3, -0.25) is 18.7 Å². The minimum Gasteiger partial charge on any atom is -0.435 e. The number of fused-ring (bicyclic) bond motifs is 2. The van der Waals surface area contributed by atoms with Gasteiger partial charge in [0.2, 0.25) is 0 Å². The molecule has 0 N–H and O–H groups in total. The maximum absolute atomic E-state index is 13.8. The highest BCUT2D eigenvalue weighted by Gasteiger charge is 2.23. The van der Waals surface area contributed by atoms with E-state index in [-0.39, 0.29) is 11.3 Å². The highest BCUT2D eigenvalue weighted by molar-refractivity contribution is 5.87. The number of aryl methyl sites for hydroxylation is 1. The van der Waals surface area contributed by atoms with Crippen LogP contribution in [-0.2, 0) is 13.6 Å². The normalized spacial score (nSPS) is 13.9. The summed E-state index contributed by atoms with van der Waals surface area (Å²) in [7, 11) is 1.86. The van der Waals surface area contributed by atoms with E-state index < -0.39 is 6.61 Å². The number of halogens is 2. The highest BCUT2D eigenvalue weighted by atomic mass is 19.3. The molecule has 0 spiro atoms. The molecule has 0 saturated heterocycles. The Bertz CT molecular complexity index is 1580. The first-order valence-electron chi connectivity index (χ1n) is 11.1. The number of nitrogens with zero attached hydrogens (tertiary/aromatic N) is 5. The molecule has 5 aromatic rings. The molecule has 1 fully saturated rings. The lowest BCUT2D eigenvalue weighted by molar-refractivity contribution is -0.0498. The van der Waals surface area contributed by atoms with Crippen molar-refractivity contribution in [2.75, 3.05) is 0 Å². The molecule has 1 saturated carbocycles. The first-order chi connectivity index (χ1) is 16.4. The van der Waals surface area contributed by atoms with Gasteiger partial charge in [0.25, 0.3) is 5.56 Å². The van der Waals surface area contributed by atoms with Crippen LogP contribution in [0.2, 0.25) is 0 Å². The number of aromatic nitrogens is 5. The molecule has 0 atom stereocenters. The Balaban J connectivity index is 1.54. The maximum Gasteiger partial charge on any atom is 0.387 e. The minimum absolute atomic E-state index is 0.0282. The number of ether oxygens (including phenoxy) is 1. The zero-order chi connectivity index (χ0) is 23.4. The van der Waals surface area contributed by atoms with Crippen molar-refractivity contribution in [2.24, 2.45) is 13.0 Å². The predicted octanol–water partition coefficient (Wildman–Crippen LogP) is 4.75. The molecule has 0 bridgehead atoms. The second kappa shape index (κ2) is 7.79. The molecule has 0 amide bonds.